The Bertz CT molecular complexity index is 468. The van der Waals surface area contributed by atoms with Gasteiger partial charge < -0.3 is 29.0 Å². The zero-order valence-electron chi connectivity index (χ0n) is 18.9. The fourth-order valence-electron chi connectivity index (χ4n) is 2.12. The fourth-order valence-corrected chi connectivity index (χ4v) is 2.12. The van der Waals surface area contributed by atoms with Crippen molar-refractivity contribution in [2.75, 3.05) is 59.4 Å². The number of hydrogen-bond acceptors (Lipinski definition) is 8. The Balaban J connectivity index is 3.25. The lowest BCUT2D eigenvalue weighted by Gasteiger charge is -2.09. The molecule has 0 fully saturated rings. The van der Waals surface area contributed by atoms with E-state index in [9.17, 15) is 14.4 Å². The number of Topliss-reactive ketones (excluding diaryl/α,β-unsaturated/α-hetero) is 1. The maximum Gasteiger partial charge on any atom is 0.308 e. The number of rotatable bonds is 20. The maximum atomic E-state index is 11.6. The minimum atomic E-state index is -0.262. The summed E-state index contributed by atoms with van der Waals surface area (Å²) in [5, 5.41) is 2.72. The van der Waals surface area contributed by atoms with E-state index in [0.717, 1.165) is 0 Å². The second-order valence-electron chi connectivity index (χ2n) is 7.21. The van der Waals surface area contributed by atoms with Gasteiger partial charge in [-0.15, -0.1) is 0 Å². The minimum absolute atomic E-state index is 0.0354. The Hall–Kier alpha value is -1.55. The summed E-state index contributed by atoms with van der Waals surface area (Å²) in [7, 11) is 0. The quantitative estimate of drug-likeness (QED) is 0.227. The molecule has 1 N–H and O–H groups in total. The van der Waals surface area contributed by atoms with Gasteiger partial charge in [0.15, 0.2) is 0 Å². The Labute approximate surface area is 180 Å². The summed E-state index contributed by atoms with van der Waals surface area (Å²) in [6.07, 6.45) is 0.627. The lowest BCUT2D eigenvalue weighted by molar-refractivity contribution is -0.148. The van der Waals surface area contributed by atoms with E-state index in [1.807, 2.05) is 27.7 Å². The highest BCUT2D eigenvalue weighted by Gasteiger charge is 2.09. The molecular weight excluding hydrogens is 394 g/mol. The molecule has 0 spiro atoms. The van der Waals surface area contributed by atoms with Crippen molar-refractivity contribution in [1.29, 1.82) is 0 Å². The van der Waals surface area contributed by atoms with Crippen LogP contribution in [0.1, 0.15) is 47.0 Å². The number of carbonyl (C=O) groups excluding carboxylic acids is 3. The Morgan fingerprint density at radius 3 is 1.67 bits per heavy atom. The third-order valence-corrected chi connectivity index (χ3v) is 3.74. The molecule has 0 saturated carbocycles. The molecule has 9 heteroatoms. The number of hydrogen-bond donors (Lipinski definition) is 1. The predicted octanol–water partition coefficient (Wildman–Crippen LogP) is 1.52. The largest absolute Gasteiger partial charge is 0.463 e. The van der Waals surface area contributed by atoms with Crippen LogP contribution < -0.4 is 5.32 Å². The monoisotopic (exact) mass is 433 g/mol. The highest BCUT2D eigenvalue weighted by atomic mass is 16.6. The van der Waals surface area contributed by atoms with Crippen molar-refractivity contribution in [2.24, 2.45) is 5.92 Å². The van der Waals surface area contributed by atoms with Crippen molar-refractivity contribution < 1.29 is 38.1 Å². The maximum absolute atomic E-state index is 11.6. The van der Waals surface area contributed by atoms with Crippen LogP contribution >= 0.6 is 0 Å². The lowest BCUT2D eigenvalue weighted by atomic mass is 10.0. The van der Waals surface area contributed by atoms with E-state index < -0.39 is 0 Å². The molecule has 0 aliphatic heterocycles. The normalized spacial score (nSPS) is 11.1. The van der Waals surface area contributed by atoms with Crippen molar-refractivity contribution in [3.63, 3.8) is 0 Å². The van der Waals surface area contributed by atoms with Crippen LogP contribution in [0.2, 0.25) is 0 Å². The van der Waals surface area contributed by atoms with Gasteiger partial charge in [-0.3, -0.25) is 14.4 Å². The van der Waals surface area contributed by atoms with Crippen molar-refractivity contribution in [3.05, 3.63) is 0 Å². The molecule has 30 heavy (non-hydrogen) atoms. The van der Waals surface area contributed by atoms with Gasteiger partial charge in [-0.25, -0.2) is 0 Å². The first-order valence-corrected chi connectivity index (χ1v) is 10.6. The number of amides is 1. The molecule has 0 aromatic heterocycles. The molecular formula is C21H39NO8. The highest BCUT2D eigenvalue weighted by molar-refractivity contribution is 5.85. The van der Waals surface area contributed by atoms with Crippen LogP contribution in [0.25, 0.3) is 0 Å². The number of carbonyl (C=O) groups is 3. The van der Waals surface area contributed by atoms with Crippen molar-refractivity contribution >= 4 is 17.7 Å². The average molecular weight is 434 g/mol. The fraction of sp³-hybridized carbons (Fsp3) is 0.857. The van der Waals surface area contributed by atoms with Gasteiger partial charge >= 0.3 is 5.97 Å². The van der Waals surface area contributed by atoms with Gasteiger partial charge in [-0.2, -0.15) is 0 Å². The molecule has 0 saturated heterocycles. The van der Waals surface area contributed by atoms with Gasteiger partial charge in [0.25, 0.3) is 0 Å². The number of esters is 1. The summed E-state index contributed by atoms with van der Waals surface area (Å²) in [6.45, 7) is 11.0. The van der Waals surface area contributed by atoms with Crippen LogP contribution in [0.5, 0.6) is 0 Å². The van der Waals surface area contributed by atoms with Crippen LogP contribution in [0, 0.1) is 5.92 Å². The molecule has 0 heterocycles. The molecule has 0 aromatic carbocycles. The highest BCUT2D eigenvalue weighted by Crippen LogP contribution is 2.01. The zero-order valence-corrected chi connectivity index (χ0v) is 18.9. The molecule has 0 aliphatic carbocycles. The number of ether oxygens (including phenoxy) is 5. The van der Waals surface area contributed by atoms with E-state index in [1.165, 1.54) is 0 Å². The molecule has 176 valence electrons. The van der Waals surface area contributed by atoms with E-state index in [0.29, 0.717) is 59.4 Å². The van der Waals surface area contributed by atoms with Crippen LogP contribution in [0.15, 0.2) is 0 Å². The van der Waals surface area contributed by atoms with Crippen LogP contribution in [0.4, 0.5) is 0 Å². The van der Waals surface area contributed by atoms with Gasteiger partial charge in [-0.05, 0) is 13.8 Å². The Morgan fingerprint density at radius 1 is 0.667 bits per heavy atom. The van der Waals surface area contributed by atoms with Crippen molar-refractivity contribution in [1.82, 2.24) is 5.32 Å². The van der Waals surface area contributed by atoms with E-state index >= 15 is 0 Å². The second kappa shape index (κ2) is 19.4. The van der Waals surface area contributed by atoms with Crippen molar-refractivity contribution in [2.45, 2.75) is 53.1 Å². The molecule has 0 bridgehead atoms. The van der Waals surface area contributed by atoms with Gasteiger partial charge in [0.2, 0.25) is 5.91 Å². The molecule has 0 atom stereocenters. The van der Waals surface area contributed by atoms with Crippen molar-refractivity contribution in [3.8, 4) is 0 Å². The summed E-state index contributed by atoms with van der Waals surface area (Å²) < 4.78 is 26.4. The van der Waals surface area contributed by atoms with Gasteiger partial charge in [0, 0.05) is 25.3 Å². The molecule has 0 rings (SSSR count). The topological polar surface area (TPSA) is 109 Å². The minimum Gasteiger partial charge on any atom is -0.463 e. The Morgan fingerprint density at radius 2 is 1.17 bits per heavy atom. The zero-order chi connectivity index (χ0) is 22.6. The third-order valence-electron chi connectivity index (χ3n) is 3.74. The van der Waals surface area contributed by atoms with Gasteiger partial charge in [0.1, 0.15) is 5.78 Å². The molecule has 0 unspecified atom stereocenters. The SMILES string of the molecule is CC(C)OC(=O)CCOCCOCCOCCOCCNC(=O)CCC(=O)C(C)C. The third kappa shape index (κ3) is 19.8. The lowest BCUT2D eigenvalue weighted by Crippen LogP contribution is -2.28. The standard InChI is InChI=1S/C21H39NO8/c1-17(2)19(23)5-6-20(24)22-8-10-27-12-14-29-16-15-28-13-11-26-9-7-21(25)30-18(3)4/h17-18H,5-16H2,1-4H3,(H,22,24). The van der Waals surface area contributed by atoms with E-state index in [-0.39, 0.29) is 48.9 Å². The Kier molecular flexibility index (Phi) is 18.4. The first-order valence-electron chi connectivity index (χ1n) is 10.6. The van der Waals surface area contributed by atoms with Gasteiger partial charge in [0.05, 0.1) is 65.4 Å². The summed E-state index contributed by atoms with van der Waals surface area (Å²) in [5.41, 5.74) is 0. The predicted molar refractivity (Wildman–Crippen MR) is 111 cm³/mol. The van der Waals surface area contributed by atoms with E-state index in [2.05, 4.69) is 5.32 Å². The number of ketones is 1. The molecule has 0 radical (unpaired) electrons. The smallest absolute Gasteiger partial charge is 0.308 e. The van der Waals surface area contributed by atoms with Crippen LogP contribution in [-0.2, 0) is 38.1 Å². The summed E-state index contributed by atoms with van der Waals surface area (Å²) >= 11 is 0. The summed E-state index contributed by atoms with van der Waals surface area (Å²) in [4.78, 5) is 34.3. The summed E-state index contributed by atoms with van der Waals surface area (Å²) in [5.74, 6) is -0.340. The summed E-state index contributed by atoms with van der Waals surface area (Å²) in [6, 6.07) is 0. The second-order valence-corrected chi connectivity index (χ2v) is 7.21. The average Bonchev–Trinajstić information content (AvgIpc) is 2.68. The van der Waals surface area contributed by atoms with Crippen LogP contribution in [-0.4, -0.2) is 83.2 Å². The first kappa shape index (κ1) is 28.5. The van der Waals surface area contributed by atoms with Gasteiger partial charge in [-0.1, -0.05) is 13.8 Å². The van der Waals surface area contributed by atoms with E-state index in [4.69, 9.17) is 23.7 Å². The van der Waals surface area contributed by atoms with E-state index in [1.54, 1.807) is 0 Å². The first-order chi connectivity index (χ1) is 14.3. The van der Waals surface area contributed by atoms with Crippen LogP contribution in [0.3, 0.4) is 0 Å². The molecule has 1 amide bonds. The molecule has 0 aliphatic rings. The molecule has 9 nitrogen and oxygen atoms in total. The molecule has 0 aromatic rings. The number of nitrogens with one attached hydrogen (secondary N) is 1.